The van der Waals surface area contributed by atoms with E-state index in [2.05, 4.69) is 36.9 Å². The second-order valence-electron chi connectivity index (χ2n) is 14.4. The molecule has 336 valence electrons. The lowest BCUT2D eigenvalue weighted by Crippen LogP contribution is -2.46. The molecule has 3 aliphatic carbocycles. The first kappa shape index (κ1) is 52.3. The van der Waals surface area contributed by atoms with E-state index in [4.69, 9.17) is 28.4 Å². The Kier molecular flexibility index (Phi) is 24.3. The molecule has 0 aromatic heterocycles. The number of rotatable bonds is 18. The fourth-order valence-corrected chi connectivity index (χ4v) is 6.72. The van der Waals surface area contributed by atoms with Crippen LogP contribution >= 0.6 is 0 Å². The van der Waals surface area contributed by atoms with Crippen molar-refractivity contribution in [2.24, 2.45) is 23.7 Å². The summed E-state index contributed by atoms with van der Waals surface area (Å²) in [4.78, 5) is 94.2. The summed E-state index contributed by atoms with van der Waals surface area (Å²) >= 11 is 0. The minimum atomic E-state index is -0.884. The number of fused-ring (bicyclic) bond motifs is 5. The van der Waals surface area contributed by atoms with E-state index in [0.717, 1.165) is 9.80 Å². The zero-order valence-electron chi connectivity index (χ0n) is 36.1. The smallest absolute Gasteiger partial charge is 0.418 e. The predicted octanol–water partition coefficient (Wildman–Crippen LogP) is 5.62. The molecule has 3 fully saturated rings. The molecule has 0 aromatic rings. The van der Waals surface area contributed by atoms with Crippen molar-refractivity contribution < 1.29 is 66.8 Å². The highest BCUT2D eigenvalue weighted by molar-refractivity contribution is 5.92. The number of ether oxygens (including phenoxy) is 6. The molecule has 18 heteroatoms. The second kappa shape index (κ2) is 27.9. The SMILES string of the molecule is C1CC2C3CCC(C3)C2C1.C=C(C)C(=O)OCCNC(=O)N(CCOC(=O)C(=C)C)C(=O)OCC.C=C(C)C(=O)OCCNC(=O)N(CCOC(=O)C(=C)C)C(=O)OCC. The first-order chi connectivity index (χ1) is 28.4. The molecule has 3 aliphatic rings. The van der Waals surface area contributed by atoms with E-state index in [1.807, 2.05) is 0 Å². The molecular weight excluding hydrogens is 784 g/mol. The number of carbonyl (C=O) groups is 8. The van der Waals surface area contributed by atoms with E-state index in [-0.39, 0.29) is 88.1 Å². The zero-order chi connectivity index (χ0) is 45.4. The maximum absolute atomic E-state index is 12.0. The molecule has 6 amide bonds. The van der Waals surface area contributed by atoms with Gasteiger partial charge in [-0.05, 0) is 97.3 Å². The van der Waals surface area contributed by atoms with Crippen molar-refractivity contribution in [3.05, 3.63) is 48.6 Å². The Bertz CT molecular complexity index is 1460. The van der Waals surface area contributed by atoms with Gasteiger partial charge in [0.05, 0.1) is 39.4 Å². The molecule has 3 saturated carbocycles. The third-order valence-corrected chi connectivity index (χ3v) is 9.53. The van der Waals surface area contributed by atoms with Gasteiger partial charge in [0.1, 0.15) is 26.4 Å². The van der Waals surface area contributed by atoms with E-state index in [1.165, 1.54) is 51.4 Å². The maximum Gasteiger partial charge on any atom is 0.418 e. The lowest BCUT2D eigenvalue weighted by atomic mass is 9.82. The highest BCUT2D eigenvalue weighted by Crippen LogP contribution is 2.58. The van der Waals surface area contributed by atoms with E-state index in [1.54, 1.807) is 52.4 Å². The lowest BCUT2D eigenvalue weighted by molar-refractivity contribution is -0.140. The fourth-order valence-electron chi connectivity index (χ4n) is 6.72. The van der Waals surface area contributed by atoms with Crippen LogP contribution in [-0.2, 0) is 47.6 Å². The maximum atomic E-state index is 12.0. The largest absolute Gasteiger partial charge is 0.460 e. The van der Waals surface area contributed by atoms with Crippen LogP contribution in [0.5, 0.6) is 0 Å². The minimum absolute atomic E-state index is 0.0146. The van der Waals surface area contributed by atoms with Crippen LogP contribution in [0.3, 0.4) is 0 Å². The first-order valence-corrected chi connectivity index (χ1v) is 20.1. The lowest BCUT2D eigenvalue weighted by Gasteiger charge is -2.23. The molecule has 18 nitrogen and oxygen atoms in total. The Morgan fingerprint density at radius 3 is 1.12 bits per heavy atom. The summed E-state index contributed by atoms with van der Waals surface area (Å²) in [5.41, 5.74) is 0.871. The molecule has 0 aromatic carbocycles. The standard InChI is InChI=1S/2C16H24N2O7.C10H16/c2*1-6-23-16(22)18(8-10-25-14(20)12(4)5)15(21)17-7-9-24-13(19)11(2)3;1-2-9-7-4-5-8(6-7)10(9)3-1/h2*2,4,6-10H2,1,3,5H3,(H,17,21);7-10H,1-6H2. The number of urea groups is 2. The number of nitrogens with zero attached hydrogens (tertiary/aromatic N) is 2. The number of carbonyl (C=O) groups excluding carboxylic acids is 8. The number of amides is 6. The first-order valence-electron chi connectivity index (χ1n) is 20.1. The third-order valence-electron chi connectivity index (χ3n) is 9.53. The summed E-state index contributed by atoms with van der Waals surface area (Å²) in [7, 11) is 0. The molecule has 0 heterocycles. The summed E-state index contributed by atoms with van der Waals surface area (Å²) in [5.74, 6) is 2.38. The topological polar surface area (TPSA) is 222 Å². The Hall–Kier alpha value is -5.68. The summed E-state index contributed by atoms with van der Waals surface area (Å²) in [5, 5.41) is 4.80. The van der Waals surface area contributed by atoms with Gasteiger partial charge in [0.2, 0.25) is 0 Å². The van der Waals surface area contributed by atoms with Crippen LogP contribution in [0.25, 0.3) is 0 Å². The number of imide groups is 2. The number of esters is 4. The average molecular weight is 849 g/mol. The van der Waals surface area contributed by atoms with Crippen molar-refractivity contribution in [3.63, 3.8) is 0 Å². The van der Waals surface area contributed by atoms with Gasteiger partial charge in [-0.15, -0.1) is 0 Å². The van der Waals surface area contributed by atoms with Gasteiger partial charge in [-0.1, -0.05) is 32.7 Å². The Morgan fingerprint density at radius 2 is 0.817 bits per heavy atom. The number of hydrogen-bond acceptors (Lipinski definition) is 14. The molecule has 0 radical (unpaired) electrons. The van der Waals surface area contributed by atoms with E-state index in [9.17, 15) is 38.4 Å². The van der Waals surface area contributed by atoms with Crippen molar-refractivity contribution in [3.8, 4) is 0 Å². The van der Waals surface area contributed by atoms with Gasteiger partial charge in [0.25, 0.3) is 0 Å². The molecule has 60 heavy (non-hydrogen) atoms. The van der Waals surface area contributed by atoms with E-state index in [0.29, 0.717) is 0 Å². The minimum Gasteiger partial charge on any atom is -0.460 e. The van der Waals surface area contributed by atoms with Crippen LogP contribution in [0.4, 0.5) is 19.2 Å². The van der Waals surface area contributed by atoms with Crippen molar-refractivity contribution in [1.29, 1.82) is 0 Å². The van der Waals surface area contributed by atoms with Gasteiger partial charge < -0.3 is 39.1 Å². The predicted molar refractivity (Wildman–Crippen MR) is 219 cm³/mol. The molecule has 2 bridgehead atoms. The summed E-state index contributed by atoms with van der Waals surface area (Å²) < 4.78 is 28.9. The normalized spacial score (nSPS) is 17.6. The molecule has 0 spiro atoms. The molecule has 2 N–H and O–H groups in total. The van der Waals surface area contributed by atoms with Crippen molar-refractivity contribution >= 4 is 48.1 Å². The molecule has 0 aliphatic heterocycles. The van der Waals surface area contributed by atoms with E-state index < -0.39 is 48.1 Å². The van der Waals surface area contributed by atoms with Gasteiger partial charge in [0.15, 0.2) is 0 Å². The van der Waals surface area contributed by atoms with Crippen LogP contribution in [0.1, 0.15) is 80.1 Å². The number of hydrogen-bond donors (Lipinski definition) is 2. The molecule has 4 unspecified atom stereocenters. The highest BCUT2D eigenvalue weighted by atomic mass is 16.6. The van der Waals surface area contributed by atoms with Gasteiger partial charge in [-0.25, -0.2) is 48.2 Å². The fraction of sp³-hybridized carbons (Fsp3) is 0.619. The molecule has 0 saturated heterocycles. The van der Waals surface area contributed by atoms with Crippen LogP contribution in [0.15, 0.2) is 48.6 Å². The van der Waals surface area contributed by atoms with Gasteiger partial charge in [-0.2, -0.15) is 0 Å². The molecule has 4 atom stereocenters. The quantitative estimate of drug-likeness (QED) is 0.0740. The van der Waals surface area contributed by atoms with Crippen LogP contribution < -0.4 is 10.6 Å². The second-order valence-corrected chi connectivity index (χ2v) is 14.4. The summed E-state index contributed by atoms with van der Waals surface area (Å²) in [6.45, 7) is 22.0. The Morgan fingerprint density at radius 1 is 0.500 bits per heavy atom. The zero-order valence-corrected chi connectivity index (χ0v) is 36.1. The van der Waals surface area contributed by atoms with Crippen LogP contribution in [0, 0.1) is 23.7 Å². The van der Waals surface area contributed by atoms with Crippen molar-refractivity contribution in [2.45, 2.75) is 80.1 Å². The third kappa shape index (κ3) is 18.9. The van der Waals surface area contributed by atoms with Crippen molar-refractivity contribution in [2.75, 3.05) is 65.8 Å². The van der Waals surface area contributed by atoms with Gasteiger partial charge in [-0.3, -0.25) is 0 Å². The van der Waals surface area contributed by atoms with Crippen LogP contribution in [-0.4, -0.2) is 124 Å². The van der Waals surface area contributed by atoms with Gasteiger partial charge in [0, 0.05) is 22.3 Å². The molecule has 3 rings (SSSR count). The molecular formula is C42H64N4O14. The number of nitrogens with one attached hydrogen (secondary N) is 2. The highest BCUT2D eigenvalue weighted by Gasteiger charge is 2.48. The van der Waals surface area contributed by atoms with Gasteiger partial charge >= 0.3 is 48.1 Å². The van der Waals surface area contributed by atoms with Crippen molar-refractivity contribution in [1.82, 2.24) is 20.4 Å². The average Bonchev–Trinajstić information content (AvgIpc) is 3.96. The van der Waals surface area contributed by atoms with Crippen LogP contribution in [0.2, 0.25) is 0 Å². The van der Waals surface area contributed by atoms with E-state index >= 15 is 0 Å². The Labute approximate surface area is 353 Å². The summed E-state index contributed by atoms with van der Waals surface area (Å²) in [6, 6.07) is -1.53. The summed E-state index contributed by atoms with van der Waals surface area (Å²) in [6.07, 6.45) is 7.77. The Balaban J connectivity index is 0.000000483. The monoisotopic (exact) mass is 848 g/mol.